The van der Waals surface area contributed by atoms with Crippen LogP contribution in [0.2, 0.25) is 10.0 Å². The van der Waals surface area contributed by atoms with Crippen LogP contribution >= 0.6 is 23.2 Å². The molecule has 9 nitrogen and oxygen atoms in total. The van der Waals surface area contributed by atoms with E-state index >= 15 is 0 Å². The summed E-state index contributed by atoms with van der Waals surface area (Å²) >= 11 is 12.0. The first-order valence-corrected chi connectivity index (χ1v) is 13.0. The van der Waals surface area contributed by atoms with Gasteiger partial charge in [-0.2, -0.15) is 0 Å². The number of nitrogens with one attached hydrogen (secondary N) is 2. The number of rotatable bonds is 8. The zero-order chi connectivity index (χ0) is 22.7. The Morgan fingerprint density at radius 3 is 2.47 bits per heavy atom. The summed E-state index contributed by atoms with van der Waals surface area (Å²) in [6.07, 6.45) is 0.287. The molecular weight excluding hydrogens is 479 g/mol. The van der Waals surface area contributed by atoms with Crippen molar-refractivity contribution in [1.82, 2.24) is 10.0 Å². The summed E-state index contributed by atoms with van der Waals surface area (Å²) in [5.41, 5.74) is -0.276. The Hall–Kier alpha value is -1.40. The van der Waals surface area contributed by atoms with Gasteiger partial charge in [0.25, 0.3) is 5.91 Å². The molecule has 1 amide bonds. The Kier molecular flexibility index (Phi) is 8.14. The van der Waals surface area contributed by atoms with Gasteiger partial charge in [0, 0.05) is 12.6 Å². The lowest BCUT2D eigenvalue weighted by Crippen LogP contribution is -2.38. The van der Waals surface area contributed by atoms with Crippen LogP contribution in [0.5, 0.6) is 0 Å². The summed E-state index contributed by atoms with van der Waals surface area (Å²) in [5.74, 6) is -1.84. The molecule has 0 bridgehead atoms. The molecule has 1 unspecified atom stereocenters. The quantitative estimate of drug-likeness (QED) is 0.514. The van der Waals surface area contributed by atoms with Crippen LogP contribution < -0.4 is 10.0 Å². The minimum Gasteiger partial charge on any atom is -0.452 e. The summed E-state index contributed by atoms with van der Waals surface area (Å²) in [4.78, 5) is 23.9. The van der Waals surface area contributed by atoms with Gasteiger partial charge in [-0.1, -0.05) is 37.0 Å². The molecule has 0 radical (unpaired) electrons. The van der Waals surface area contributed by atoms with Crippen LogP contribution in [-0.4, -0.2) is 59.4 Å². The number of halogens is 2. The number of carbonyl (C=O) groups is 2. The zero-order valence-electron chi connectivity index (χ0n) is 16.3. The van der Waals surface area contributed by atoms with Crippen molar-refractivity contribution in [1.29, 1.82) is 0 Å². The molecule has 0 aromatic heterocycles. The lowest BCUT2D eigenvalue weighted by Gasteiger charge is -2.13. The van der Waals surface area contributed by atoms with Crippen molar-refractivity contribution in [3.63, 3.8) is 0 Å². The lowest BCUT2D eigenvalue weighted by molar-refractivity contribution is -0.124. The number of sulfonamides is 1. The molecule has 1 aliphatic heterocycles. The van der Waals surface area contributed by atoms with Gasteiger partial charge in [-0.05, 0) is 24.5 Å². The summed E-state index contributed by atoms with van der Waals surface area (Å²) in [6, 6.07) is 1.55. The van der Waals surface area contributed by atoms with E-state index in [0.717, 1.165) is 12.1 Å². The molecule has 1 heterocycles. The van der Waals surface area contributed by atoms with Crippen molar-refractivity contribution in [3.05, 3.63) is 27.7 Å². The van der Waals surface area contributed by atoms with Crippen molar-refractivity contribution in [2.45, 2.75) is 31.2 Å². The number of amides is 1. The number of hydrogen-bond acceptors (Lipinski definition) is 7. The lowest BCUT2D eigenvalue weighted by atomic mass is 10.2. The van der Waals surface area contributed by atoms with E-state index in [2.05, 4.69) is 10.0 Å². The second-order valence-electron chi connectivity index (χ2n) is 7.25. The predicted molar refractivity (Wildman–Crippen MR) is 112 cm³/mol. The molecule has 1 aromatic carbocycles. The summed E-state index contributed by atoms with van der Waals surface area (Å²) in [5, 5.41) is 2.16. The molecule has 1 aliphatic rings. The highest BCUT2D eigenvalue weighted by atomic mass is 35.5. The number of esters is 1. The smallest absolute Gasteiger partial charge is 0.340 e. The average molecular weight is 501 g/mol. The second-order valence-corrected chi connectivity index (χ2v) is 12.0. The van der Waals surface area contributed by atoms with Crippen LogP contribution in [0.3, 0.4) is 0 Å². The van der Waals surface area contributed by atoms with E-state index in [9.17, 15) is 26.4 Å². The molecule has 2 rings (SSSR count). The van der Waals surface area contributed by atoms with E-state index in [-0.39, 0.29) is 50.9 Å². The monoisotopic (exact) mass is 500 g/mol. The maximum Gasteiger partial charge on any atom is 0.340 e. The molecule has 0 spiro atoms. The Labute approximate surface area is 185 Å². The highest BCUT2D eigenvalue weighted by Crippen LogP contribution is 2.29. The third kappa shape index (κ3) is 6.81. The van der Waals surface area contributed by atoms with Gasteiger partial charge in [-0.15, -0.1) is 0 Å². The van der Waals surface area contributed by atoms with E-state index < -0.39 is 44.4 Å². The summed E-state index contributed by atoms with van der Waals surface area (Å²) < 4.78 is 55.0. The third-order valence-electron chi connectivity index (χ3n) is 4.14. The van der Waals surface area contributed by atoms with Gasteiger partial charge in [-0.25, -0.2) is 26.4 Å². The van der Waals surface area contributed by atoms with Gasteiger partial charge in [0.05, 0.1) is 27.1 Å². The SMILES string of the molecule is CC(C)CNS(=O)(=O)c1cc(C(=O)OCC(=O)NC2CCS(=O)(=O)C2)c(Cl)cc1Cl. The number of carbonyl (C=O) groups excluding carboxylic acids is 2. The van der Waals surface area contributed by atoms with Crippen molar-refractivity contribution in [2.75, 3.05) is 24.7 Å². The Balaban J connectivity index is 2.07. The van der Waals surface area contributed by atoms with E-state index in [1.54, 1.807) is 0 Å². The van der Waals surface area contributed by atoms with Gasteiger partial charge in [-0.3, -0.25) is 4.79 Å². The number of sulfone groups is 1. The fourth-order valence-electron chi connectivity index (χ4n) is 2.63. The van der Waals surface area contributed by atoms with Crippen molar-refractivity contribution in [2.24, 2.45) is 5.92 Å². The Bertz CT molecular complexity index is 1040. The minimum atomic E-state index is -4.00. The summed E-state index contributed by atoms with van der Waals surface area (Å²) in [7, 11) is -7.17. The first-order chi connectivity index (χ1) is 13.8. The molecule has 2 N–H and O–H groups in total. The maximum absolute atomic E-state index is 12.5. The van der Waals surface area contributed by atoms with Crippen LogP contribution in [0.15, 0.2) is 17.0 Å². The van der Waals surface area contributed by atoms with Crippen LogP contribution in [0.25, 0.3) is 0 Å². The molecule has 1 saturated heterocycles. The minimum absolute atomic E-state index is 0.0137. The molecule has 0 aliphatic carbocycles. The number of hydrogen-bond donors (Lipinski definition) is 2. The van der Waals surface area contributed by atoms with Crippen LogP contribution in [0.4, 0.5) is 0 Å². The highest BCUT2D eigenvalue weighted by Gasteiger charge is 2.29. The normalized spacial score (nSPS) is 18.4. The molecule has 168 valence electrons. The van der Waals surface area contributed by atoms with Crippen molar-refractivity contribution < 1.29 is 31.2 Å². The third-order valence-corrected chi connectivity index (χ3v) is 8.11. The highest BCUT2D eigenvalue weighted by molar-refractivity contribution is 7.91. The zero-order valence-corrected chi connectivity index (χ0v) is 19.4. The fraction of sp³-hybridized carbons (Fsp3) is 0.529. The molecule has 1 aromatic rings. The molecule has 13 heteroatoms. The number of benzene rings is 1. The van der Waals surface area contributed by atoms with Gasteiger partial charge in [0.2, 0.25) is 10.0 Å². The first kappa shape index (κ1) is 24.9. The average Bonchev–Trinajstić information content (AvgIpc) is 2.96. The Morgan fingerprint density at radius 2 is 1.90 bits per heavy atom. The van der Waals surface area contributed by atoms with Gasteiger partial charge >= 0.3 is 5.97 Å². The number of ether oxygens (including phenoxy) is 1. The van der Waals surface area contributed by atoms with Crippen molar-refractivity contribution >= 4 is 54.9 Å². The largest absolute Gasteiger partial charge is 0.452 e. The van der Waals surface area contributed by atoms with Gasteiger partial charge in [0.15, 0.2) is 16.4 Å². The van der Waals surface area contributed by atoms with E-state index in [4.69, 9.17) is 27.9 Å². The predicted octanol–water partition coefficient (Wildman–Crippen LogP) is 1.39. The van der Waals surface area contributed by atoms with Crippen molar-refractivity contribution in [3.8, 4) is 0 Å². The van der Waals surface area contributed by atoms with E-state index in [1.165, 1.54) is 0 Å². The summed E-state index contributed by atoms with van der Waals surface area (Å²) in [6.45, 7) is 3.13. The molecule has 1 fully saturated rings. The van der Waals surface area contributed by atoms with Gasteiger partial charge in [0.1, 0.15) is 4.90 Å². The van der Waals surface area contributed by atoms with E-state index in [1.807, 2.05) is 13.8 Å². The molecule has 1 atom stereocenters. The van der Waals surface area contributed by atoms with Gasteiger partial charge < -0.3 is 10.1 Å². The van der Waals surface area contributed by atoms with E-state index in [0.29, 0.717) is 0 Å². The van der Waals surface area contributed by atoms with Crippen LogP contribution in [-0.2, 0) is 29.4 Å². The fourth-order valence-corrected chi connectivity index (χ4v) is 6.37. The standard InChI is InChI=1S/C17H22Cl2N2O7S2/c1-10(2)7-20-30(26,27)15-5-12(13(18)6-14(15)19)17(23)28-8-16(22)21-11-3-4-29(24,25)9-11/h5-6,10-11,20H,3-4,7-9H2,1-2H3,(H,21,22). The molecule has 0 saturated carbocycles. The molecular formula is C17H22Cl2N2O7S2. The van der Waals surface area contributed by atoms with Crippen LogP contribution in [0, 0.1) is 5.92 Å². The first-order valence-electron chi connectivity index (χ1n) is 8.96. The second kappa shape index (κ2) is 9.82. The Morgan fingerprint density at radius 1 is 1.23 bits per heavy atom. The maximum atomic E-state index is 12.5. The molecule has 30 heavy (non-hydrogen) atoms. The van der Waals surface area contributed by atoms with Crippen LogP contribution in [0.1, 0.15) is 30.6 Å². The topological polar surface area (TPSA) is 136 Å².